The number of piperazine rings is 1. The summed E-state index contributed by atoms with van der Waals surface area (Å²) in [4.78, 5) is 26.0. The van der Waals surface area contributed by atoms with Crippen molar-refractivity contribution >= 4 is 58.2 Å². The number of nitrogens with zero attached hydrogens (tertiary/aromatic N) is 5. The van der Waals surface area contributed by atoms with Crippen LogP contribution >= 0.6 is 35.5 Å². The van der Waals surface area contributed by atoms with Crippen LogP contribution in [0, 0.1) is 0 Å². The molecule has 0 bridgehead atoms. The maximum atomic E-state index is 12.4. The average Bonchev–Trinajstić information content (AvgIpc) is 3.26. The van der Waals surface area contributed by atoms with E-state index in [1.807, 2.05) is 25.1 Å². The van der Waals surface area contributed by atoms with Crippen molar-refractivity contribution in [2.24, 2.45) is 4.99 Å². The standard InChI is InChI=1S/C21H31N7OS.HI/c1-4-16-8-7-9-17(14-16)24-19(29)15-23-20(22-6-3)27-10-12-28(13-11-27)21-25-18(5-2)26-30-21;/h7-9,14H,4-6,10-13,15H2,1-3H3,(H,22,23)(H,24,29);1H. The lowest BCUT2D eigenvalue weighted by Gasteiger charge is -2.36. The minimum absolute atomic E-state index is 0. The highest BCUT2D eigenvalue weighted by molar-refractivity contribution is 14.0. The van der Waals surface area contributed by atoms with Crippen molar-refractivity contribution < 1.29 is 4.79 Å². The smallest absolute Gasteiger partial charge is 0.246 e. The molecule has 1 aromatic heterocycles. The van der Waals surface area contributed by atoms with Crippen molar-refractivity contribution in [2.75, 3.05) is 49.5 Å². The zero-order valence-corrected chi connectivity index (χ0v) is 21.6. The third-order valence-corrected chi connectivity index (χ3v) is 5.76. The largest absolute Gasteiger partial charge is 0.357 e. The number of nitrogens with one attached hydrogen (secondary N) is 2. The summed E-state index contributed by atoms with van der Waals surface area (Å²) >= 11 is 1.47. The third kappa shape index (κ3) is 7.30. The molecular weight excluding hydrogens is 525 g/mol. The molecule has 1 fully saturated rings. The number of carbonyl (C=O) groups is 1. The van der Waals surface area contributed by atoms with Crippen molar-refractivity contribution in [1.82, 2.24) is 19.6 Å². The number of carbonyl (C=O) groups excluding carboxylic acids is 1. The van der Waals surface area contributed by atoms with E-state index in [0.29, 0.717) is 0 Å². The minimum Gasteiger partial charge on any atom is -0.357 e. The summed E-state index contributed by atoms with van der Waals surface area (Å²) in [6.07, 6.45) is 1.80. The normalized spacial score (nSPS) is 14.2. The predicted octanol–water partition coefficient (Wildman–Crippen LogP) is 3.01. The maximum Gasteiger partial charge on any atom is 0.246 e. The Labute approximate surface area is 205 Å². The molecule has 0 unspecified atom stereocenters. The fourth-order valence-corrected chi connectivity index (χ4v) is 4.07. The first-order chi connectivity index (χ1) is 14.6. The second kappa shape index (κ2) is 12.8. The van der Waals surface area contributed by atoms with Gasteiger partial charge in [-0.1, -0.05) is 26.0 Å². The van der Waals surface area contributed by atoms with Crippen LogP contribution in [0.5, 0.6) is 0 Å². The number of halogens is 1. The molecule has 1 aliphatic heterocycles. The molecule has 8 nitrogen and oxygen atoms in total. The summed E-state index contributed by atoms with van der Waals surface area (Å²) in [5.74, 6) is 1.57. The van der Waals surface area contributed by atoms with Crippen molar-refractivity contribution in [2.45, 2.75) is 33.6 Å². The first kappa shape index (κ1) is 25.3. The van der Waals surface area contributed by atoms with Gasteiger partial charge in [-0.25, -0.2) is 9.98 Å². The van der Waals surface area contributed by atoms with Gasteiger partial charge >= 0.3 is 0 Å². The Morgan fingerprint density at radius 1 is 1.16 bits per heavy atom. The Morgan fingerprint density at radius 2 is 1.94 bits per heavy atom. The van der Waals surface area contributed by atoms with Crippen molar-refractivity contribution in [3.05, 3.63) is 35.7 Å². The Bertz CT molecular complexity index is 865. The molecule has 1 saturated heterocycles. The summed E-state index contributed by atoms with van der Waals surface area (Å²) in [5.41, 5.74) is 2.01. The van der Waals surface area contributed by atoms with Gasteiger partial charge in [0.05, 0.1) is 0 Å². The molecule has 0 spiro atoms. The van der Waals surface area contributed by atoms with Gasteiger partial charge in [0.2, 0.25) is 11.0 Å². The molecule has 1 aliphatic rings. The number of aryl methyl sites for hydroxylation is 2. The van der Waals surface area contributed by atoms with Crippen LogP contribution < -0.4 is 15.5 Å². The molecule has 1 amide bonds. The van der Waals surface area contributed by atoms with Crippen molar-refractivity contribution in [1.29, 1.82) is 0 Å². The molecule has 2 N–H and O–H groups in total. The monoisotopic (exact) mass is 557 g/mol. The van der Waals surface area contributed by atoms with E-state index in [4.69, 9.17) is 0 Å². The Hall–Kier alpha value is -1.95. The number of benzene rings is 1. The highest BCUT2D eigenvalue weighted by Crippen LogP contribution is 2.19. The van der Waals surface area contributed by atoms with E-state index in [2.05, 4.69) is 54.7 Å². The first-order valence-electron chi connectivity index (χ1n) is 10.6. The highest BCUT2D eigenvalue weighted by Gasteiger charge is 2.22. The van der Waals surface area contributed by atoms with Crippen LogP contribution in [0.2, 0.25) is 0 Å². The van der Waals surface area contributed by atoms with Gasteiger partial charge < -0.3 is 20.4 Å². The van der Waals surface area contributed by atoms with E-state index in [1.165, 1.54) is 17.1 Å². The lowest BCUT2D eigenvalue weighted by Crippen LogP contribution is -2.52. The quantitative estimate of drug-likeness (QED) is 0.310. The molecule has 3 rings (SSSR count). The Balaban J connectivity index is 0.00000341. The van der Waals surface area contributed by atoms with Crippen LogP contribution in [0.3, 0.4) is 0 Å². The molecule has 0 atom stereocenters. The van der Waals surface area contributed by atoms with Crippen LogP contribution in [0.4, 0.5) is 10.8 Å². The summed E-state index contributed by atoms with van der Waals surface area (Å²) < 4.78 is 4.38. The molecule has 1 aromatic carbocycles. The molecule has 0 saturated carbocycles. The molecule has 170 valence electrons. The molecule has 0 aliphatic carbocycles. The van der Waals surface area contributed by atoms with Crippen LogP contribution in [0.15, 0.2) is 29.3 Å². The fourth-order valence-electron chi connectivity index (χ4n) is 3.27. The number of aromatic nitrogens is 2. The predicted molar refractivity (Wildman–Crippen MR) is 139 cm³/mol. The van der Waals surface area contributed by atoms with E-state index in [0.717, 1.165) is 68.2 Å². The van der Waals surface area contributed by atoms with Crippen LogP contribution in [0.25, 0.3) is 0 Å². The van der Waals surface area contributed by atoms with Gasteiger partial charge in [-0.15, -0.1) is 24.0 Å². The number of guanidine groups is 1. The van der Waals surface area contributed by atoms with Gasteiger partial charge in [0.25, 0.3) is 0 Å². The van der Waals surface area contributed by atoms with E-state index in [1.54, 1.807) is 0 Å². The van der Waals surface area contributed by atoms with E-state index >= 15 is 0 Å². The zero-order valence-electron chi connectivity index (χ0n) is 18.4. The fraction of sp³-hybridized carbons (Fsp3) is 0.524. The molecule has 2 aromatic rings. The summed E-state index contributed by atoms with van der Waals surface area (Å²) in [6.45, 7) is 10.4. The summed E-state index contributed by atoms with van der Waals surface area (Å²) in [7, 11) is 0. The number of hydrogen-bond acceptors (Lipinski definition) is 6. The number of amides is 1. The molecule has 10 heteroatoms. The molecule has 31 heavy (non-hydrogen) atoms. The topological polar surface area (TPSA) is 85.8 Å². The maximum absolute atomic E-state index is 12.4. The van der Waals surface area contributed by atoms with Gasteiger partial charge in [0.1, 0.15) is 12.4 Å². The van der Waals surface area contributed by atoms with Gasteiger partial charge in [-0.2, -0.15) is 4.37 Å². The number of rotatable bonds is 7. The second-order valence-corrected chi connectivity index (χ2v) is 7.82. The number of aliphatic imine (C=N–C) groups is 1. The highest BCUT2D eigenvalue weighted by atomic mass is 127. The number of anilines is 2. The lowest BCUT2D eigenvalue weighted by atomic mass is 10.1. The summed E-state index contributed by atoms with van der Waals surface area (Å²) in [5, 5.41) is 7.24. The zero-order chi connectivity index (χ0) is 21.3. The van der Waals surface area contributed by atoms with Crippen LogP contribution in [-0.4, -0.2) is 65.4 Å². The van der Waals surface area contributed by atoms with Crippen molar-refractivity contribution in [3.63, 3.8) is 0 Å². The average molecular weight is 558 g/mol. The lowest BCUT2D eigenvalue weighted by molar-refractivity contribution is -0.114. The molecule has 2 heterocycles. The van der Waals surface area contributed by atoms with E-state index < -0.39 is 0 Å². The molecular formula is C21H32IN7OS. The van der Waals surface area contributed by atoms with Crippen LogP contribution in [-0.2, 0) is 17.6 Å². The number of hydrogen-bond donors (Lipinski definition) is 2. The SMILES string of the molecule is CCNC(=NCC(=O)Nc1cccc(CC)c1)N1CCN(c2nc(CC)ns2)CC1.I. The first-order valence-corrected chi connectivity index (χ1v) is 11.4. The van der Waals surface area contributed by atoms with E-state index in [9.17, 15) is 4.79 Å². The minimum atomic E-state index is -0.113. The summed E-state index contributed by atoms with van der Waals surface area (Å²) in [6, 6.07) is 7.93. The van der Waals surface area contributed by atoms with Gasteiger partial charge in [0, 0.05) is 56.4 Å². The van der Waals surface area contributed by atoms with Gasteiger partial charge in [0.15, 0.2) is 5.96 Å². The second-order valence-electron chi connectivity index (χ2n) is 7.09. The van der Waals surface area contributed by atoms with E-state index in [-0.39, 0.29) is 36.4 Å². The van der Waals surface area contributed by atoms with Gasteiger partial charge in [-0.3, -0.25) is 4.79 Å². The van der Waals surface area contributed by atoms with Crippen LogP contribution in [0.1, 0.15) is 32.2 Å². The third-order valence-electron chi connectivity index (χ3n) is 4.95. The van der Waals surface area contributed by atoms with Gasteiger partial charge in [-0.05, 0) is 31.0 Å². The molecule has 0 radical (unpaired) electrons. The Kier molecular flexibility index (Phi) is 10.4. The Morgan fingerprint density at radius 3 is 2.58 bits per heavy atom. The van der Waals surface area contributed by atoms with Crippen molar-refractivity contribution in [3.8, 4) is 0 Å².